The molecule has 0 aliphatic heterocycles. The van der Waals surface area contributed by atoms with E-state index in [0.29, 0.717) is 12.6 Å². The van der Waals surface area contributed by atoms with Crippen LogP contribution in [0.5, 0.6) is 11.5 Å². The van der Waals surface area contributed by atoms with Crippen LogP contribution in [0.1, 0.15) is 5.76 Å². The molecule has 0 spiro atoms. The minimum Gasteiger partial charge on any atom is -0.497 e. The van der Waals surface area contributed by atoms with Crippen LogP contribution in [0.2, 0.25) is 0 Å². The van der Waals surface area contributed by atoms with E-state index in [0.717, 1.165) is 47.2 Å². The molecule has 4 aromatic rings. The average molecular weight is 431 g/mol. The van der Waals surface area contributed by atoms with Crippen LogP contribution in [-0.2, 0) is 6.54 Å². The van der Waals surface area contributed by atoms with Gasteiger partial charge < -0.3 is 19.2 Å². The first-order valence-electron chi connectivity index (χ1n) is 10.4. The van der Waals surface area contributed by atoms with E-state index in [1.807, 2.05) is 67.7 Å². The van der Waals surface area contributed by atoms with Gasteiger partial charge in [-0.05, 0) is 61.1 Å². The van der Waals surface area contributed by atoms with Crippen LogP contribution in [0, 0.1) is 0 Å². The summed E-state index contributed by atoms with van der Waals surface area (Å²) in [6.07, 6.45) is 5.29. The number of benzene rings is 2. The van der Waals surface area contributed by atoms with Crippen molar-refractivity contribution in [3.05, 3.63) is 85.1 Å². The number of anilines is 2. The molecule has 0 saturated carbocycles. The van der Waals surface area contributed by atoms with E-state index in [4.69, 9.17) is 13.9 Å². The third-order valence-electron chi connectivity index (χ3n) is 4.93. The van der Waals surface area contributed by atoms with Crippen LogP contribution in [0.4, 0.5) is 11.6 Å². The highest BCUT2D eigenvalue weighted by Gasteiger charge is 2.05. The summed E-state index contributed by atoms with van der Waals surface area (Å²) < 4.78 is 16.4. The second kappa shape index (κ2) is 10.5. The van der Waals surface area contributed by atoms with E-state index in [1.165, 1.54) is 0 Å². The minimum atomic E-state index is 0.537. The van der Waals surface area contributed by atoms with Crippen molar-refractivity contribution < 1.29 is 13.9 Å². The summed E-state index contributed by atoms with van der Waals surface area (Å²) in [7, 11) is 3.69. The van der Waals surface area contributed by atoms with Gasteiger partial charge in [0.15, 0.2) is 0 Å². The van der Waals surface area contributed by atoms with Gasteiger partial charge in [-0.3, -0.25) is 4.90 Å². The van der Waals surface area contributed by atoms with Crippen LogP contribution in [-0.4, -0.2) is 42.2 Å². The first kappa shape index (κ1) is 21.4. The van der Waals surface area contributed by atoms with Gasteiger partial charge in [0.05, 0.1) is 19.9 Å². The number of furan rings is 1. The van der Waals surface area contributed by atoms with Gasteiger partial charge in [0.1, 0.15) is 23.9 Å². The van der Waals surface area contributed by atoms with Gasteiger partial charge in [0.25, 0.3) is 0 Å². The predicted molar refractivity (Wildman–Crippen MR) is 124 cm³/mol. The smallest absolute Gasteiger partial charge is 0.227 e. The van der Waals surface area contributed by atoms with Gasteiger partial charge in [-0.25, -0.2) is 9.97 Å². The van der Waals surface area contributed by atoms with Crippen molar-refractivity contribution in [1.29, 1.82) is 0 Å². The third-order valence-corrected chi connectivity index (χ3v) is 4.93. The first-order chi connectivity index (χ1) is 15.7. The van der Waals surface area contributed by atoms with E-state index in [2.05, 4.69) is 20.2 Å². The number of ether oxygens (including phenoxy) is 2. The Labute approximate surface area is 187 Å². The molecule has 0 saturated heterocycles. The molecule has 164 valence electrons. The lowest BCUT2D eigenvalue weighted by molar-refractivity contribution is 0.222. The zero-order chi connectivity index (χ0) is 22.2. The van der Waals surface area contributed by atoms with E-state index >= 15 is 0 Å². The van der Waals surface area contributed by atoms with Gasteiger partial charge in [0.2, 0.25) is 5.95 Å². The number of hydrogen-bond donors (Lipinski definition) is 1. The van der Waals surface area contributed by atoms with Gasteiger partial charge in [-0.15, -0.1) is 0 Å². The van der Waals surface area contributed by atoms with Crippen LogP contribution >= 0.6 is 0 Å². The molecule has 0 aliphatic carbocycles. The minimum absolute atomic E-state index is 0.537. The van der Waals surface area contributed by atoms with E-state index < -0.39 is 0 Å². The van der Waals surface area contributed by atoms with Crippen LogP contribution in [0.25, 0.3) is 11.1 Å². The Morgan fingerprint density at radius 3 is 2.28 bits per heavy atom. The molecule has 7 nitrogen and oxygen atoms in total. The number of nitrogens with one attached hydrogen (secondary N) is 1. The second-order valence-corrected chi connectivity index (χ2v) is 7.34. The van der Waals surface area contributed by atoms with Crippen molar-refractivity contribution in [2.24, 2.45) is 0 Å². The monoisotopic (exact) mass is 430 g/mol. The quantitative estimate of drug-likeness (QED) is 0.380. The molecule has 2 heterocycles. The summed E-state index contributed by atoms with van der Waals surface area (Å²) >= 11 is 0. The predicted octanol–water partition coefficient (Wildman–Crippen LogP) is 5.00. The molecule has 7 heteroatoms. The lowest BCUT2D eigenvalue weighted by Gasteiger charge is -2.15. The fourth-order valence-corrected chi connectivity index (χ4v) is 3.16. The molecule has 0 fully saturated rings. The molecule has 2 aromatic carbocycles. The van der Waals surface area contributed by atoms with E-state index in [9.17, 15) is 0 Å². The Morgan fingerprint density at radius 2 is 1.62 bits per heavy atom. The maximum absolute atomic E-state index is 5.84. The van der Waals surface area contributed by atoms with Crippen LogP contribution in [0.3, 0.4) is 0 Å². The fraction of sp³-hybridized carbons (Fsp3) is 0.200. The number of methoxy groups -OCH3 is 1. The first-order valence-corrected chi connectivity index (χ1v) is 10.4. The number of nitrogens with zero attached hydrogens (tertiary/aromatic N) is 3. The SMILES string of the molecule is COc1ccc(-c2cnc(Nc3ccc(OCCN(C)Cc4ccco4)cc3)nc2)cc1. The molecule has 0 radical (unpaired) electrons. The highest BCUT2D eigenvalue weighted by atomic mass is 16.5. The highest BCUT2D eigenvalue weighted by molar-refractivity contribution is 5.63. The van der Waals surface area contributed by atoms with E-state index in [-0.39, 0.29) is 0 Å². The Morgan fingerprint density at radius 1 is 0.906 bits per heavy atom. The molecule has 0 unspecified atom stereocenters. The molecule has 0 atom stereocenters. The molecule has 0 aliphatic rings. The molecule has 0 amide bonds. The third kappa shape index (κ3) is 5.86. The number of aromatic nitrogens is 2. The van der Waals surface area contributed by atoms with Crippen molar-refractivity contribution in [2.75, 3.05) is 32.6 Å². The van der Waals surface area contributed by atoms with Gasteiger partial charge >= 0.3 is 0 Å². The Hall–Kier alpha value is -3.84. The van der Waals surface area contributed by atoms with Crippen molar-refractivity contribution in [3.63, 3.8) is 0 Å². The van der Waals surface area contributed by atoms with Gasteiger partial charge in [0, 0.05) is 30.2 Å². The summed E-state index contributed by atoms with van der Waals surface area (Å²) in [5.41, 5.74) is 2.87. The summed E-state index contributed by atoms with van der Waals surface area (Å²) in [5, 5.41) is 3.21. The lowest BCUT2D eigenvalue weighted by atomic mass is 10.1. The van der Waals surface area contributed by atoms with Crippen LogP contribution < -0.4 is 14.8 Å². The molecule has 32 heavy (non-hydrogen) atoms. The number of likely N-dealkylation sites (N-methyl/N-ethyl adjacent to an activating group) is 1. The van der Waals surface area contributed by atoms with Gasteiger partial charge in [-0.1, -0.05) is 12.1 Å². The summed E-state index contributed by atoms with van der Waals surface area (Å²) in [6, 6.07) is 19.4. The molecular formula is C25H26N4O3. The summed E-state index contributed by atoms with van der Waals surface area (Å²) in [5.74, 6) is 3.12. The molecule has 0 bridgehead atoms. The molecular weight excluding hydrogens is 404 g/mol. The average Bonchev–Trinajstić information content (AvgIpc) is 3.34. The maximum atomic E-state index is 5.84. The Balaban J connectivity index is 1.25. The highest BCUT2D eigenvalue weighted by Crippen LogP contribution is 2.23. The summed E-state index contributed by atoms with van der Waals surface area (Å²) in [4.78, 5) is 11.0. The Bertz CT molecular complexity index is 1080. The normalized spacial score (nSPS) is 10.8. The molecule has 1 N–H and O–H groups in total. The lowest BCUT2D eigenvalue weighted by Crippen LogP contribution is -2.23. The molecule has 2 aromatic heterocycles. The number of rotatable bonds is 10. The van der Waals surface area contributed by atoms with E-state index in [1.54, 1.807) is 25.8 Å². The zero-order valence-electron chi connectivity index (χ0n) is 18.2. The van der Waals surface area contributed by atoms with Crippen molar-refractivity contribution in [1.82, 2.24) is 14.9 Å². The zero-order valence-corrected chi connectivity index (χ0v) is 18.2. The van der Waals surface area contributed by atoms with Crippen molar-refractivity contribution in [2.45, 2.75) is 6.54 Å². The van der Waals surface area contributed by atoms with Crippen molar-refractivity contribution >= 4 is 11.6 Å². The maximum Gasteiger partial charge on any atom is 0.227 e. The Kier molecular flexibility index (Phi) is 6.99. The largest absolute Gasteiger partial charge is 0.497 e. The standard InChI is InChI=1S/C25H26N4O3/c1-29(18-24-4-3-14-31-24)13-15-32-23-11-7-21(8-12-23)28-25-26-16-20(17-27-25)19-5-9-22(30-2)10-6-19/h3-12,14,16-17H,13,15,18H2,1-2H3,(H,26,27,28). The van der Waals surface area contributed by atoms with Crippen LogP contribution in [0.15, 0.2) is 83.7 Å². The topological polar surface area (TPSA) is 72.7 Å². The second-order valence-electron chi connectivity index (χ2n) is 7.34. The van der Waals surface area contributed by atoms with Crippen molar-refractivity contribution in [3.8, 4) is 22.6 Å². The summed E-state index contributed by atoms with van der Waals surface area (Å²) in [6.45, 7) is 2.16. The number of hydrogen-bond acceptors (Lipinski definition) is 7. The molecule has 4 rings (SSSR count). The fourth-order valence-electron chi connectivity index (χ4n) is 3.16. The van der Waals surface area contributed by atoms with Gasteiger partial charge in [-0.2, -0.15) is 0 Å².